The molecule has 1 aromatic rings. The van der Waals surface area contributed by atoms with Gasteiger partial charge in [0, 0.05) is 38.2 Å². The van der Waals surface area contributed by atoms with Crippen LogP contribution in [0.5, 0.6) is 11.5 Å². The van der Waals surface area contributed by atoms with Gasteiger partial charge >= 0.3 is 0 Å². The fourth-order valence-corrected chi connectivity index (χ4v) is 2.93. The molecule has 0 saturated heterocycles. The number of amides is 1. The van der Waals surface area contributed by atoms with E-state index < -0.39 is 0 Å². The number of benzene rings is 1. The van der Waals surface area contributed by atoms with Gasteiger partial charge in [-0.05, 0) is 32.4 Å². The lowest BCUT2D eigenvalue weighted by Crippen LogP contribution is -2.43. The lowest BCUT2D eigenvalue weighted by Gasteiger charge is -2.16. The van der Waals surface area contributed by atoms with E-state index in [1.54, 1.807) is 19.0 Å². The summed E-state index contributed by atoms with van der Waals surface area (Å²) in [5.74, 6) is 2.39. The zero-order valence-corrected chi connectivity index (χ0v) is 20.5. The first-order valence-electron chi connectivity index (χ1n) is 10.1. The Morgan fingerprint density at radius 1 is 1.31 bits per heavy atom. The Hall–Kier alpha value is -1.71. The van der Waals surface area contributed by atoms with Crippen molar-refractivity contribution in [2.45, 2.75) is 52.7 Å². The second-order valence-corrected chi connectivity index (χ2v) is 7.22. The van der Waals surface area contributed by atoms with E-state index in [1.165, 1.54) is 5.56 Å². The number of fused-ring (bicyclic) bond motifs is 1. The van der Waals surface area contributed by atoms with Crippen LogP contribution in [0.25, 0.3) is 0 Å². The summed E-state index contributed by atoms with van der Waals surface area (Å²) in [7, 11) is 3.48. The number of hydrogen-bond acceptors (Lipinski definition) is 4. The van der Waals surface area contributed by atoms with Crippen molar-refractivity contribution in [3.05, 3.63) is 23.3 Å². The van der Waals surface area contributed by atoms with Crippen LogP contribution in [-0.4, -0.2) is 56.7 Å². The van der Waals surface area contributed by atoms with Crippen LogP contribution in [0, 0.1) is 0 Å². The Balaban J connectivity index is 0.00000420. The molecule has 2 rings (SSSR count). The summed E-state index contributed by atoms with van der Waals surface area (Å²) in [5, 5.41) is 6.41. The fraction of sp³-hybridized carbons (Fsp3) is 0.619. The van der Waals surface area contributed by atoms with Crippen molar-refractivity contribution in [1.29, 1.82) is 0 Å². The molecule has 8 heteroatoms. The number of rotatable bonds is 9. The molecule has 7 nitrogen and oxygen atoms in total. The largest absolute Gasteiger partial charge is 0.494 e. The average molecular weight is 518 g/mol. The lowest BCUT2D eigenvalue weighted by atomic mass is 10.1. The maximum Gasteiger partial charge on any atom is 0.241 e. The van der Waals surface area contributed by atoms with E-state index in [4.69, 9.17) is 9.47 Å². The molecule has 1 aromatic carbocycles. The number of unbranched alkanes of at least 4 members (excludes halogenated alkanes) is 1. The summed E-state index contributed by atoms with van der Waals surface area (Å²) in [4.78, 5) is 18.1. The Labute approximate surface area is 191 Å². The molecular weight excluding hydrogens is 483 g/mol. The third kappa shape index (κ3) is 7.91. The molecule has 0 fully saturated rings. The van der Waals surface area contributed by atoms with Crippen LogP contribution in [-0.2, 0) is 17.8 Å². The highest BCUT2D eigenvalue weighted by molar-refractivity contribution is 14.0. The number of nitrogens with zero attached hydrogens (tertiary/aromatic N) is 2. The van der Waals surface area contributed by atoms with Crippen LogP contribution in [0.1, 0.15) is 44.7 Å². The second kappa shape index (κ2) is 12.8. The van der Waals surface area contributed by atoms with Gasteiger partial charge in [-0.3, -0.25) is 4.79 Å². The highest BCUT2D eigenvalue weighted by Gasteiger charge is 2.21. The molecule has 0 radical (unpaired) electrons. The van der Waals surface area contributed by atoms with Crippen LogP contribution >= 0.6 is 24.0 Å². The quantitative estimate of drug-likeness (QED) is 0.228. The van der Waals surface area contributed by atoms with Gasteiger partial charge in [-0.2, -0.15) is 0 Å². The minimum absolute atomic E-state index is 0. The monoisotopic (exact) mass is 518 g/mol. The van der Waals surface area contributed by atoms with Gasteiger partial charge < -0.3 is 25.0 Å². The van der Waals surface area contributed by atoms with E-state index in [0.717, 1.165) is 42.9 Å². The molecule has 1 unspecified atom stereocenters. The first-order valence-corrected chi connectivity index (χ1v) is 10.1. The van der Waals surface area contributed by atoms with Crippen LogP contribution in [0.15, 0.2) is 17.1 Å². The zero-order chi connectivity index (χ0) is 20.5. The first-order chi connectivity index (χ1) is 13.4. The molecule has 0 spiro atoms. The smallest absolute Gasteiger partial charge is 0.241 e. The van der Waals surface area contributed by atoms with Crippen molar-refractivity contribution in [1.82, 2.24) is 15.5 Å². The molecule has 1 heterocycles. The zero-order valence-electron chi connectivity index (χ0n) is 18.2. The molecule has 0 saturated carbocycles. The van der Waals surface area contributed by atoms with E-state index >= 15 is 0 Å². The van der Waals surface area contributed by atoms with E-state index in [0.29, 0.717) is 19.1 Å². The molecule has 1 aliphatic rings. The fourth-order valence-electron chi connectivity index (χ4n) is 2.93. The Bertz CT molecular complexity index is 695. The average Bonchev–Trinajstić information content (AvgIpc) is 3.02. The van der Waals surface area contributed by atoms with Gasteiger partial charge in [-0.15, -0.1) is 24.0 Å². The third-order valence-electron chi connectivity index (χ3n) is 4.52. The highest BCUT2D eigenvalue weighted by Crippen LogP contribution is 2.35. The van der Waals surface area contributed by atoms with Gasteiger partial charge in [0.2, 0.25) is 5.91 Å². The topological polar surface area (TPSA) is 75.2 Å². The molecule has 0 bridgehead atoms. The van der Waals surface area contributed by atoms with E-state index in [9.17, 15) is 4.79 Å². The van der Waals surface area contributed by atoms with Crippen molar-refractivity contribution in [3.8, 4) is 11.5 Å². The number of ether oxygens (including phenoxy) is 2. The number of halogens is 1. The molecule has 0 aliphatic carbocycles. The predicted octanol–water partition coefficient (Wildman–Crippen LogP) is 2.95. The number of likely N-dealkylation sites (N-methyl/N-ethyl adjacent to an activating group) is 1. The maximum atomic E-state index is 11.9. The molecule has 164 valence electrons. The van der Waals surface area contributed by atoms with Gasteiger partial charge in [0.15, 0.2) is 5.96 Å². The van der Waals surface area contributed by atoms with Crippen LogP contribution in [0.4, 0.5) is 0 Å². The summed E-state index contributed by atoms with van der Waals surface area (Å²) in [6.07, 6.45) is 3.22. The van der Waals surface area contributed by atoms with Gasteiger partial charge in [-0.1, -0.05) is 13.3 Å². The summed E-state index contributed by atoms with van der Waals surface area (Å²) in [6.45, 7) is 8.24. The van der Waals surface area contributed by atoms with Gasteiger partial charge in [0.25, 0.3) is 0 Å². The summed E-state index contributed by atoms with van der Waals surface area (Å²) in [6, 6.07) is 4.10. The summed E-state index contributed by atoms with van der Waals surface area (Å²) in [5.41, 5.74) is 2.16. The van der Waals surface area contributed by atoms with Crippen LogP contribution < -0.4 is 20.1 Å². The Morgan fingerprint density at radius 3 is 2.72 bits per heavy atom. The number of carbonyl (C=O) groups is 1. The molecule has 1 amide bonds. The van der Waals surface area contributed by atoms with E-state index in [2.05, 4.69) is 35.5 Å². The normalized spacial score (nSPS) is 15.1. The van der Waals surface area contributed by atoms with Crippen molar-refractivity contribution in [2.24, 2.45) is 4.99 Å². The molecule has 2 N–H and O–H groups in total. The molecule has 0 aromatic heterocycles. The van der Waals surface area contributed by atoms with Crippen LogP contribution in [0.2, 0.25) is 0 Å². The van der Waals surface area contributed by atoms with Crippen molar-refractivity contribution < 1.29 is 14.3 Å². The molecular formula is C21H35IN4O3. The minimum atomic E-state index is -0.0000785. The van der Waals surface area contributed by atoms with Gasteiger partial charge in [0.1, 0.15) is 17.6 Å². The molecule has 29 heavy (non-hydrogen) atoms. The van der Waals surface area contributed by atoms with Crippen molar-refractivity contribution in [3.63, 3.8) is 0 Å². The predicted molar refractivity (Wildman–Crippen MR) is 128 cm³/mol. The number of carbonyl (C=O) groups excluding carboxylic acids is 1. The lowest BCUT2D eigenvalue weighted by molar-refractivity contribution is -0.127. The first kappa shape index (κ1) is 25.3. The van der Waals surface area contributed by atoms with Crippen LogP contribution in [0.3, 0.4) is 0 Å². The second-order valence-electron chi connectivity index (χ2n) is 7.22. The number of guanidine groups is 1. The van der Waals surface area contributed by atoms with E-state index in [1.807, 2.05) is 13.0 Å². The van der Waals surface area contributed by atoms with E-state index in [-0.39, 0.29) is 42.5 Å². The minimum Gasteiger partial charge on any atom is -0.494 e. The Morgan fingerprint density at radius 2 is 2.07 bits per heavy atom. The van der Waals surface area contributed by atoms with Gasteiger partial charge in [0.05, 0.1) is 19.7 Å². The molecule has 1 atom stereocenters. The number of nitrogens with one attached hydrogen (secondary N) is 2. The summed E-state index contributed by atoms with van der Waals surface area (Å²) < 4.78 is 11.7. The summed E-state index contributed by atoms with van der Waals surface area (Å²) >= 11 is 0. The standard InChI is InChI=1S/C21H34N4O3.HI/c1-6-8-9-22-21(24-14-20(26)25(4)5)23-13-17-12-19-16(10-15(3)28-19)11-18(17)27-7-2;/h11-12,15H,6-10,13-14H2,1-5H3,(H2,22,23,24);1H. The highest BCUT2D eigenvalue weighted by atomic mass is 127. The molecule has 1 aliphatic heterocycles. The van der Waals surface area contributed by atoms with Crippen molar-refractivity contribution in [2.75, 3.05) is 33.8 Å². The maximum absolute atomic E-state index is 11.9. The van der Waals surface area contributed by atoms with Gasteiger partial charge in [-0.25, -0.2) is 4.99 Å². The number of aliphatic imine (C=N–C) groups is 1. The number of hydrogen-bond donors (Lipinski definition) is 2. The Kier molecular flexibility index (Phi) is 11.2. The SMILES string of the molecule is CCCCNC(=NCc1cc2c(cc1OCC)CC(C)O2)NCC(=O)N(C)C.I. The van der Waals surface area contributed by atoms with Crippen molar-refractivity contribution >= 4 is 35.8 Å². The third-order valence-corrected chi connectivity index (χ3v) is 4.52.